The van der Waals surface area contributed by atoms with Crippen molar-refractivity contribution in [2.75, 3.05) is 23.7 Å². The predicted octanol–water partition coefficient (Wildman–Crippen LogP) is 7.68. The maximum Gasteiger partial charge on any atom is 0.414 e. The molecule has 1 saturated heterocycles. The second-order valence-corrected chi connectivity index (χ2v) is 8.68. The fourth-order valence-corrected chi connectivity index (χ4v) is 4.83. The lowest BCUT2D eigenvalue weighted by molar-refractivity contribution is 0.136. The van der Waals surface area contributed by atoms with E-state index in [0.29, 0.717) is 12.4 Å². The quantitative estimate of drug-likeness (QED) is 0.316. The normalized spacial score (nSPS) is 18.3. The van der Waals surface area contributed by atoms with E-state index >= 15 is 0 Å². The van der Waals surface area contributed by atoms with Gasteiger partial charge >= 0.3 is 6.09 Å². The van der Waals surface area contributed by atoms with Gasteiger partial charge in [-0.3, -0.25) is 9.21 Å². The van der Waals surface area contributed by atoms with Gasteiger partial charge in [0.2, 0.25) is 0 Å². The van der Waals surface area contributed by atoms with Gasteiger partial charge in [0.05, 0.1) is 5.69 Å². The number of cyclic esters (lactones) is 1. The summed E-state index contributed by atoms with van der Waals surface area (Å²) in [6.07, 6.45) is 2.44. The summed E-state index contributed by atoms with van der Waals surface area (Å²) in [4.78, 5) is 14.3. The fourth-order valence-electron chi connectivity index (χ4n) is 3.64. The van der Waals surface area contributed by atoms with Gasteiger partial charge in [-0.2, -0.15) is 0 Å². The third-order valence-electron chi connectivity index (χ3n) is 5.34. The Labute approximate surface area is 201 Å². The molecule has 0 spiro atoms. The smallest absolute Gasteiger partial charge is 0.414 e. The fraction of sp³-hybridized carbons (Fsp3) is 0.560. The minimum Gasteiger partial charge on any atom is -0.444 e. The zero-order chi connectivity index (χ0) is 25.0. The molecule has 0 radical (unpaired) electrons. The van der Waals surface area contributed by atoms with Crippen molar-refractivity contribution in [3.8, 4) is 0 Å². The highest BCUT2D eigenvalue weighted by Gasteiger charge is 2.35. The molecule has 1 aromatic rings. The number of nitrogens with zero attached hydrogens (tertiary/aromatic N) is 2. The van der Waals surface area contributed by atoms with Crippen molar-refractivity contribution in [3.05, 3.63) is 53.1 Å². The summed E-state index contributed by atoms with van der Waals surface area (Å²) in [6, 6.07) is 6.24. The zero-order valence-corrected chi connectivity index (χ0v) is 21.4. The van der Waals surface area contributed by atoms with Crippen LogP contribution in [0.2, 0.25) is 0 Å². The van der Waals surface area contributed by atoms with Gasteiger partial charge in [-0.15, -0.1) is 0 Å². The number of aryl methyl sites for hydroxylation is 1. The number of allylic oxidation sites excluding steroid dienone is 2. The van der Waals surface area contributed by atoms with Crippen LogP contribution in [0.4, 0.5) is 23.7 Å². The van der Waals surface area contributed by atoms with Crippen LogP contribution in [-0.2, 0) is 11.3 Å². The second-order valence-electron chi connectivity index (χ2n) is 7.62. The van der Waals surface area contributed by atoms with E-state index < -0.39 is 12.0 Å². The van der Waals surface area contributed by atoms with Crippen molar-refractivity contribution in [2.24, 2.45) is 0 Å². The average molecular weight is 487 g/mol. The summed E-state index contributed by atoms with van der Waals surface area (Å²) in [5.41, 5.74) is 4.06. The third-order valence-corrected chi connectivity index (χ3v) is 6.54. The first kappa shape index (κ1) is 29.1. The number of alkyl halides is 1. The van der Waals surface area contributed by atoms with Crippen LogP contribution in [0.1, 0.15) is 58.6 Å². The molecule has 1 unspecified atom stereocenters. The van der Waals surface area contributed by atoms with Gasteiger partial charge < -0.3 is 4.74 Å². The minimum atomic E-state index is -0.896. The Morgan fingerprint density at radius 2 is 1.91 bits per heavy atom. The maximum absolute atomic E-state index is 13.5. The van der Waals surface area contributed by atoms with E-state index in [1.165, 1.54) is 0 Å². The first-order chi connectivity index (χ1) is 15.8. The molecule has 1 aromatic carbocycles. The molecule has 2 aliphatic rings. The van der Waals surface area contributed by atoms with Crippen molar-refractivity contribution in [3.63, 3.8) is 0 Å². The predicted molar refractivity (Wildman–Crippen MR) is 133 cm³/mol. The number of anilines is 1. The maximum atomic E-state index is 13.5. The van der Waals surface area contributed by atoms with Gasteiger partial charge in [-0.25, -0.2) is 18.0 Å². The lowest BCUT2D eigenvalue weighted by Gasteiger charge is -2.40. The molecule has 0 N–H and O–H groups in total. The summed E-state index contributed by atoms with van der Waals surface area (Å²) >= 11 is 1.69. The first-order valence-corrected chi connectivity index (χ1v) is 12.4. The number of rotatable bonds is 5. The van der Waals surface area contributed by atoms with Gasteiger partial charge in [0.15, 0.2) is 0 Å². The number of ether oxygens (including phenoxy) is 1. The molecule has 0 aliphatic carbocycles. The topological polar surface area (TPSA) is 32.8 Å². The second kappa shape index (κ2) is 15.1. The van der Waals surface area contributed by atoms with E-state index in [9.17, 15) is 18.0 Å². The largest absolute Gasteiger partial charge is 0.444 e. The molecular weight excluding hydrogens is 449 g/mol. The monoisotopic (exact) mass is 486 g/mol. The van der Waals surface area contributed by atoms with Crippen LogP contribution >= 0.6 is 11.9 Å². The molecule has 3 rings (SSSR count). The Kier molecular flexibility index (Phi) is 13.3. The Hall–Kier alpha value is -1.93. The summed E-state index contributed by atoms with van der Waals surface area (Å²) < 4.78 is 42.7. The number of fused-ring (bicyclic) bond motifs is 1. The number of carbonyl (C=O) groups excluding carboxylic acids is 1. The van der Waals surface area contributed by atoms with E-state index in [-0.39, 0.29) is 18.5 Å². The van der Waals surface area contributed by atoms with Crippen LogP contribution in [0.25, 0.3) is 0 Å². The molecular formula is C25H37F3N2O2S. The van der Waals surface area contributed by atoms with Gasteiger partial charge in [-0.05, 0) is 51.7 Å². The van der Waals surface area contributed by atoms with Crippen LogP contribution in [0.5, 0.6) is 0 Å². The van der Waals surface area contributed by atoms with E-state index in [1.807, 2.05) is 56.9 Å². The van der Waals surface area contributed by atoms with E-state index in [4.69, 9.17) is 4.74 Å². The van der Waals surface area contributed by atoms with Crippen LogP contribution in [0, 0.1) is 6.92 Å². The number of halogens is 3. The molecule has 2 aliphatic heterocycles. The van der Waals surface area contributed by atoms with Crippen LogP contribution < -0.4 is 4.90 Å². The van der Waals surface area contributed by atoms with Crippen LogP contribution in [0.3, 0.4) is 0 Å². The lowest BCUT2D eigenvalue weighted by atomic mass is 10.00. The van der Waals surface area contributed by atoms with Crippen molar-refractivity contribution in [1.29, 1.82) is 0 Å². The van der Waals surface area contributed by atoms with Crippen molar-refractivity contribution >= 4 is 23.7 Å². The van der Waals surface area contributed by atoms with Gasteiger partial charge in [0.25, 0.3) is 0 Å². The number of piperidine rings is 1. The van der Waals surface area contributed by atoms with E-state index in [0.717, 1.165) is 55.2 Å². The SMILES string of the molecule is C/C(F)=C/F.C/C=C(/CSN1CCC(N2C(=O)OCc3cccc(C)c32)CC1)C(C)F.CC. The van der Waals surface area contributed by atoms with Gasteiger partial charge in [0.1, 0.15) is 24.9 Å². The molecule has 4 nitrogen and oxygen atoms in total. The molecule has 0 saturated carbocycles. The molecule has 2 heterocycles. The number of amides is 1. The molecule has 1 atom stereocenters. The van der Waals surface area contributed by atoms with Gasteiger partial charge in [-0.1, -0.05) is 50.1 Å². The first-order valence-electron chi connectivity index (χ1n) is 11.4. The highest BCUT2D eigenvalue weighted by Crippen LogP contribution is 2.35. The molecule has 186 valence electrons. The average Bonchev–Trinajstić information content (AvgIpc) is 2.82. The van der Waals surface area contributed by atoms with Gasteiger partial charge in [0, 0.05) is 30.4 Å². The number of benzene rings is 1. The summed E-state index contributed by atoms with van der Waals surface area (Å²) in [6.45, 7) is 12.7. The Morgan fingerprint density at radius 1 is 1.30 bits per heavy atom. The van der Waals surface area contributed by atoms with Crippen molar-refractivity contribution in [1.82, 2.24) is 4.31 Å². The minimum absolute atomic E-state index is 0.0833. The zero-order valence-electron chi connectivity index (χ0n) is 20.5. The molecule has 0 bridgehead atoms. The number of carbonyl (C=O) groups is 1. The van der Waals surface area contributed by atoms with Crippen molar-refractivity contribution in [2.45, 2.75) is 73.2 Å². The number of hydrogen-bond donors (Lipinski definition) is 0. The Balaban J connectivity index is 0.000000689. The lowest BCUT2D eigenvalue weighted by Crippen LogP contribution is -2.48. The highest BCUT2D eigenvalue weighted by atomic mass is 32.2. The summed E-state index contributed by atoms with van der Waals surface area (Å²) in [5, 5.41) is 0. The number of para-hydroxylation sites is 1. The van der Waals surface area contributed by atoms with E-state index in [1.54, 1.807) is 18.9 Å². The molecule has 33 heavy (non-hydrogen) atoms. The standard InChI is InChI=1S/C20H27FN2O2S.C3H4F2.C2H6/c1-4-16(15(3)21)13-26-22-10-8-18(9-11-22)23-19-14(2)6-5-7-17(19)12-25-20(23)24;1-3(5)2-4;1-2/h4-7,15,18H,8-13H2,1-3H3;2H,1H3;1-2H3/b16-4-;3-2-;. The third kappa shape index (κ3) is 8.74. The summed E-state index contributed by atoms with van der Waals surface area (Å²) in [5.74, 6) is -0.100. The highest BCUT2D eigenvalue weighted by molar-refractivity contribution is 7.97. The van der Waals surface area contributed by atoms with Crippen LogP contribution in [-0.4, -0.2) is 41.5 Å². The van der Waals surface area contributed by atoms with Crippen molar-refractivity contribution < 1.29 is 22.7 Å². The Morgan fingerprint density at radius 3 is 2.42 bits per heavy atom. The van der Waals surface area contributed by atoms with E-state index in [2.05, 4.69) is 4.31 Å². The molecule has 1 amide bonds. The molecule has 1 fully saturated rings. The Bertz CT molecular complexity index is 803. The molecule has 0 aromatic heterocycles. The van der Waals surface area contributed by atoms with Crippen LogP contribution in [0.15, 0.2) is 42.0 Å². The molecule has 8 heteroatoms. The number of hydrogen-bond acceptors (Lipinski definition) is 4. The summed E-state index contributed by atoms with van der Waals surface area (Å²) in [7, 11) is 0.